The summed E-state index contributed by atoms with van der Waals surface area (Å²) >= 11 is 0. The van der Waals surface area contributed by atoms with Crippen molar-refractivity contribution in [2.45, 2.75) is 32.2 Å². The van der Waals surface area contributed by atoms with Crippen LogP contribution in [-0.4, -0.2) is 28.6 Å². The molecule has 1 N–H and O–H groups in total. The second kappa shape index (κ2) is 5.27. The van der Waals surface area contributed by atoms with Gasteiger partial charge in [-0.15, -0.1) is 0 Å². The van der Waals surface area contributed by atoms with Crippen LogP contribution in [0.4, 0.5) is 4.79 Å². The molecule has 1 aromatic rings. The number of rotatable bonds is 2. The van der Waals surface area contributed by atoms with Gasteiger partial charge in [-0.2, -0.15) is 0 Å². The highest BCUT2D eigenvalue weighted by molar-refractivity contribution is 5.74. The first-order chi connectivity index (χ1) is 9.24. The normalized spacial score (nSPS) is 26.3. The van der Waals surface area contributed by atoms with E-state index in [-0.39, 0.29) is 6.03 Å². The van der Waals surface area contributed by atoms with E-state index in [0.29, 0.717) is 6.54 Å². The van der Waals surface area contributed by atoms with Crippen molar-refractivity contribution >= 4 is 6.03 Å². The second-order valence-electron chi connectivity index (χ2n) is 5.98. The summed E-state index contributed by atoms with van der Waals surface area (Å²) in [6.45, 7) is 2.54. The zero-order chi connectivity index (χ0) is 13.2. The van der Waals surface area contributed by atoms with Crippen LogP contribution in [0.1, 0.15) is 31.4 Å². The number of fused-ring (bicyclic) bond motifs is 1. The van der Waals surface area contributed by atoms with Crippen LogP contribution >= 0.6 is 0 Å². The smallest absolute Gasteiger partial charge is 0.317 e. The number of hydrogen-bond donors (Lipinski definition) is 1. The Morgan fingerprint density at radius 2 is 2.00 bits per heavy atom. The molecule has 2 atom stereocenters. The molecule has 2 heterocycles. The summed E-state index contributed by atoms with van der Waals surface area (Å²) in [5.41, 5.74) is 1.14. The van der Waals surface area contributed by atoms with Gasteiger partial charge < -0.3 is 14.8 Å². The number of carbonyl (C=O) groups excluding carboxylic acids is 1. The lowest BCUT2D eigenvalue weighted by Gasteiger charge is -2.22. The molecule has 2 amide bonds. The van der Waals surface area contributed by atoms with Gasteiger partial charge >= 0.3 is 6.03 Å². The molecule has 2 aliphatic rings. The number of nitrogens with zero attached hydrogens (tertiary/aromatic N) is 2. The molecule has 104 valence electrons. The Hall–Kier alpha value is -1.45. The predicted octanol–water partition coefficient (Wildman–Crippen LogP) is 2.36. The molecule has 0 radical (unpaired) electrons. The van der Waals surface area contributed by atoms with Crippen LogP contribution in [0, 0.1) is 11.8 Å². The molecule has 2 unspecified atom stereocenters. The topological polar surface area (TPSA) is 37.3 Å². The highest BCUT2D eigenvalue weighted by Crippen LogP contribution is 2.35. The molecule has 1 saturated heterocycles. The van der Waals surface area contributed by atoms with Crippen LogP contribution in [-0.2, 0) is 13.6 Å². The Morgan fingerprint density at radius 3 is 2.58 bits per heavy atom. The van der Waals surface area contributed by atoms with E-state index in [1.54, 1.807) is 0 Å². The summed E-state index contributed by atoms with van der Waals surface area (Å²) in [6.07, 6.45) is 7.32. The summed E-state index contributed by atoms with van der Waals surface area (Å²) in [4.78, 5) is 14.2. The third-order valence-electron chi connectivity index (χ3n) is 4.74. The first kappa shape index (κ1) is 12.6. The number of urea groups is 1. The van der Waals surface area contributed by atoms with E-state index in [4.69, 9.17) is 0 Å². The van der Waals surface area contributed by atoms with Gasteiger partial charge in [0.15, 0.2) is 0 Å². The molecule has 1 aromatic heterocycles. The maximum absolute atomic E-state index is 12.2. The van der Waals surface area contributed by atoms with Gasteiger partial charge in [0.2, 0.25) is 0 Å². The summed E-state index contributed by atoms with van der Waals surface area (Å²) in [6, 6.07) is 4.16. The molecular weight excluding hydrogens is 238 g/mol. The van der Waals surface area contributed by atoms with Gasteiger partial charge in [-0.1, -0.05) is 12.8 Å². The molecular formula is C15H23N3O. The molecule has 19 heavy (non-hydrogen) atoms. The van der Waals surface area contributed by atoms with Crippen LogP contribution in [0.25, 0.3) is 0 Å². The monoisotopic (exact) mass is 261 g/mol. The van der Waals surface area contributed by atoms with Crippen molar-refractivity contribution in [3.8, 4) is 0 Å². The summed E-state index contributed by atoms with van der Waals surface area (Å²) in [5, 5.41) is 3.04. The fraction of sp³-hybridized carbons (Fsp3) is 0.667. The largest absolute Gasteiger partial charge is 0.353 e. The molecule has 2 fully saturated rings. The lowest BCUT2D eigenvalue weighted by atomic mass is 9.82. The molecule has 1 aliphatic carbocycles. The van der Waals surface area contributed by atoms with Crippen molar-refractivity contribution in [3.05, 3.63) is 24.0 Å². The van der Waals surface area contributed by atoms with Crippen LogP contribution in [0.3, 0.4) is 0 Å². The standard InChI is InChI=1S/C15H23N3O/c1-17-8-4-7-14(17)9-16-15(19)18-10-12-5-2-3-6-13(12)11-18/h4,7-8,12-13H,2-3,5-6,9-11H2,1H3,(H,16,19). The average molecular weight is 261 g/mol. The van der Waals surface area contributed by atoms with Gasteiger partial charge in [-0.25, -0.2) is 4.79 Å². The Morgan fingerprint density at radius 1 is 1.32 bits per heavy atom. The molecule has 4 nitrogen and oxygen atoms in total. The van der Waals surface area contributed by atoms with Crippen molar-refractivity contribution < 1.29 is 4.79 Å². The van der Waals surface area contributed by atoms with E-state index < -0.39 is 0 Å². The van der Waals surface area contributed by atoms with Gasteiger partial charge in [0, 0.05) is 32.0 Å². The molecule has 0 spiro atoms. The fourth-order valence-corrected chi connectivity index (χ4v) is 3.53. The number of likely N-dealkylation sites (tertiary alicyclic amines) is 1. The maximum Gasteiger partial charge on any atom is 0.317 e. The Labute approximate surface area is 114 Å². The number of nitrogens with one attached hydrogen (secondary N) is 1. The van der Waals surface area contributed by atoms with Crippen molar-refractivity contribution in [2.75, 3.05) is 13.1 Å². The van der Waals surface area contributed by atoms with Crippen molar-refractivity contribution in [2.24, 2.45) is 18.9 Å². The average Bonchev–Trinajstić information content (AvgIpc) is 3.01. The van der Waals surface area contributed by atoms with Crippen molar-refractivity contribution in [1.29, 1.82) is 0 Å². The predicted molar refractivity (Wildman–Crippen MR) is 74.7 cm³/mol. The van der Waals surface area contributed by atoms with E-state index in [0.717, 1.165) is 30.6 Å². The van der Waals surface area contributed by atoms with E-state index in [2.05, 4.69) is 5.32 Å². The SMILES string of the molecule is Cn1cccc1CNC(=O)N1CC2CCCCC2C1. The third-order valence-corrected chi connectivity index (χ3v) is 4.74. The van der Waals surface area contributed by atoms with E-state index in [1.165, 1.54) is 25.7 Å². The minimum absolute atomic E-state index is 0.107. The quantitative estimate of drug-likeness (QED) is 0.872. The van der Waals surface area contributed by atoms with Crippen molar-refractivity contribution in [3.63, 3.8) is 0 Å². The van der Waals surface area contributed by atoms with Gasteiger partial charge in [-0.05, 0) is 36.8 Å². The zero-order valence-corrected chi connectivity index (χ0v) is 11.6. The first-order valence-corrected chi connectivity index (χ1v) is 7.37. The molecule has 1 aliphatic heterocycles. The number of hydrogen-bond acceptors (Lipinski definition) is 1. The highest BCUT2D eigenvalue weighted by Gasteiger charge is 2.36. The number of amides is 2. The number of aryl methyl sites for hydroxylation is 1. The minimum atomic E-state index is 0.107. The third kappa shape index (κ3) is 2.62. The number of carbonyl (C=O) groups is 1. The van der Waals surface area contributed by atoms with Gasteiger partial charge in [0.1, 0.15) is 0 Å². The summed E-state index contributed by atoms with van der Waals surface area (Å²) in [7, 11) is 2.01. The Bertz CT molecular complexity index is 440. The fourth-order valence-electron chi connectivity index (χ4n) is 3.53. The summed E-state index contributed by atoms with van der Waals surface area (Å²) < 4.78 is 2.05. The number of aromatic nitrogens is 1. The maximum atomic E-state index is 12.2. The van der Waals surface area contributed by atoms with Gasteiger partial charge in [0.05, 0.1) is 6.54 Å². The minimum Gasteiger partial charge on any atom is -0.353 e. The Balaban J connectivity index is 1.52. The van der Waals surface area contributed by atoms with Crippen LogP contribution < -0.4 is 5.32 Å². The lowest BCUT2D eigenvalue weighted by Crippen LogP contribution is -2.38. The van der Waals surface area contributed by atoms with Crippen molar-refractivity contribution in [1.82, 2.24) is 14.8 Å². The summed E-state index contributed by atoms with van der Waals surface area (Å²) in [5.74, 6) is 1.52. The van der Waals surface area contributed by atoms with Gasteiger partial charge in [-0.3, -0.25) is 0 Å². The molecule has 4 heteroatoms. The van der Waals surface area contributed by atoms with E-state index in [1.807, 2.05) is 34.8 Å². The Kier molecular flexibility index (Phi) is 3.49. The van der Waals surface area contributed by atoms with E-state index >= 15 is 0 Å². The molecule has 0 bridgehead atoms. The molecule has 1 saturated carbocycles. The molecule has 3 rings (SSSR count). The zero-order valence-electron chi connectivity index (χ0n) is 11.6. The first-order valence-electron chi connectivity index (χ1n) is 7.37. The highest BCUT2D eigenvalue weighted by atomic mass is 16.2. The van der Waals surface area contributed by atoms with Crippen LogP contribution in [0.5, 0.6) is 0 Å². The lowest BCUT2D eigenvalue weighted by molar-refractivity contribution is 0.205. The van der Waals surface area contributed by atoms with Crippen LogP contribution in [0.15, 0.2) is 18.3 Å². The van der Waals surface area contributed by atoms with E-state index in [9.17, 15) is 4.79 Å². The second-order valence-corrected chi connectivity index (χ2v) is 5.98. The van der Waals surface area contributed by atoms with Gasteiger partial charge in [0.25, 0.3) is 0 Å². The molecule has 0 aromatic carbocycles. The van der Waals surface area contributed by atoms with Crippen LogP contribution in [0.2, 0.25) is 0 Å².